The Labute approximate surface area is 139 Å². The molecule has 23 heavy (non-hydrogen) atoms. The molecular weight excluding hydrogens is 332 g/mol. The van der Waals surface area contributed by atoms with Crippen LogP contribution in [-0.2, 0) is 12.7 Å². The highest BCUT2D eigenvalue weighted by atomic mass is 35.5. The van der Waals surface area contributed by atoms with E-state index in [2.05, 4.69) is 4.90 Å². The maximum atomic E-state index is 13.5. The monoisotopic (exact) mass is 352 g/mol. The summed E-state index contributed by atoms with van der Waals surface area (Å²) >= 11 is 0. The van der Waals surface area contributed by atoms with E-state index in [9.17, 15) is 17.6 Å². The number of alkyl halides is 3. The van der Waals surface area contributed by atoms with E-state index in [1.165, 1.54) is 6.07 Å². The summed E-state index contributed by atoms with van der Waals surface area (Å²) in [7, 11) is 0. The molecule has 1 saturated heterocycles. The van der Waals surface area contributed by atoms with Crippen LogP contribution in [0.25, 0.3) is 0 Å². The maximum Gasteiger partial charge on any atom is 0.416 e. The van der Waals surface area contributed by atoms with E-state index in [-0.39, 0.29) is 18.4 Å². The van der Waals surface area contributed by atoms with Crippen molar-refractivity contribution in [3.05, 3.63) is 35.1 Å². The zero-order chi connectivity index (χ0) is 15.9. The first-order chi connectivity index (χ1) is 10.3. The van der Waals surface area contributed by atoms with Crippen molar-refractivity contribution in [3.8, 4) is 0 Å². The van der Waals surface area contributed by atoms with Crippen molar-refractivity contribution in [1.29, 1.82) is 0 Å². The van der Waals surface area contributed by atoms with Crippen molar-refractivity contribution >= 4 is 12.4 Å². The van der Waals surface area contributed by atoms with Crippen LogP contribution in [0.5, 0.6) is 0 Å². The first-order valence-electron chi connectivity index (χ1n) is 7.67. The van der Waals surface area contributed by atoms with Gasteiger partial charge in [-0.15, -0.1) is 12.4 Å². The molecule has 130 valence electrons. The highest BCUT2D eigenvalue weighted by Gasteiger charge is 2.38. The molecule has 0 amide bonds. The number of likely N-dealkylation sites (tertiary alicyclic amines) is 1. The molecule has 0 radical (unpaired) electrons. The second kappa shape index (κ2) is 6.95. The van der Waals surface area contributed by atoms with Crippen LogP contribution in [0.15, 0.2) is 18.2 Å². The van der Waals surface area contributed by atoms with Gasteiger partial charge in [0.1, 0.15) is 5.82 Å². The highest BCUT2D eigenvalue weighted by Crippen LogP contribution is 2.36. The van der Waals surface area contributed by atoms with Crippen molar-refractivity contribution in [1.82, 2.24) is 4.90 Å². The summed E-state index contributed by atoms with van der Waals surface area (Å²) in [4.78, 5) is 2.11. The molecule has 3 atom stereocenters. The molecule has 3 unspecified atom stereocenters. The van der Waals surface area contributed by atoms with E-state index in [1.54, 1.807) is 0 Å². The Hall–Kier alpha value is -0.850. The fraction of sp³-hybridized carbons (Fsp3) is 0.625. The van der Waals surface area contributed by atoms with Crippen LogP contribution in [0.4, 0.5) is 17.6 Å². The van der Waals surface area contributed by atoms with Gasteiger partial charge in [0.05, 0.1) is 5.56 Å². The lowest BCUT2D eigenvalue weighted by molar-refractivity contribution is -0.137. The van der Waals surface area contributed by atoms with Crippen LogP contribution < -0.4 is 5.73 Å². The lowest BCUT2D eigenvalue weighted by atomic mass is 9.78. The Kier molecular flexibility index (Phi) is 5.59. The van der Waals surface area contributed by atoms with Gasteiger partial charge in [-0.25, -0.2) is 4.39 Å². The van der Waals surface area contributed by atoms with E-state index in [0.29, 0.717) is 30.0 Å². The first kappa shape index (κ1) is 18.5. The molecule has 2 N–H and O–H groups in total. The van der Waals surface area contributed by atoms with Gasteiger partial charge in [0, 0.05) is 25.7 Å². The fourth-order valence-electron chi connectivity index (χ4n) is 3.90. The van der Waals surface area contributed by atoms with E-state index >= 15 is 0 Å². The van der Waals surface area contributed by atoms with Crippen molar-refractivity contribution < 1.29 is 17.6 Å². The topological polar surface area (TPSA) is 29.3 Å². The molecule has 1 aliphatic heterocycles. The van der Waals surface area contributed by atoms with Crippen molar-refractivity contribution in [2.24, 2.45) is 17.6 Å². The summed E-state index contributed by atoms with van der Waals surface area (Å²) < 4.78 is 51.7. The van der Waals surface area contributed by atoms with Gasteiger partial charge in [0.25, 0.3) is 0 Å². The first-order valence-corrected chi connectivity index (χ1v) is 7.67. The van der Waals surface area contributed by atoms with E-state index in [1.807, 2.05) is 0 Å². The van der Waals surface area contributed by atoms with Crippen LogP contribution in [-0.4, -0.2) is 24.0 Å². The minimum absolute atomic E-state index is 0. The fourth-order valence-corrected chi connectivity index (χ4v) is 3.90. The molecule has 0 spiro atoms. The van der Waals surface area contributed by atoms with Gasteiger partial charge in [-0.2, -0.15) is 13.2 Å². The van der Waals surface area contributed by atoms with Gasteiger partial charge in [-0.05, 0) is 48.4 Å². The number of hydrogen-bond donors (Lipinski definition) is 1. The highest BCUT2D eigenvalue weighted by molar-refractivity contribution is 5.85. The Balaban J connectivity index is 0.00000192. The van der Waals surface area contributed by atoms with Crippen LogP contribution >= 0.6 is 12.4 Å². The molecule has 2 aliphatic rings. The smallest absolute Gasteiger partial charge is 0.327 e. The zero-order valence-corrected chi connectivity index (χ0v) is 13.5. The quantitative estimate of drug-likeness (QED) is 0.820. The van der Waals surface area contributed by atoms with Crippen LogP contribution in [0.1, 0.15) is 30.4 Å². The Morgan fingerprint density at radius 3 is 2.52 bits per heavy atom. The number of fused-ring (bicyclic) bond motifs is 1. The second-order valence-corrected chi connectivity index (χ2v) is 6.56. The molecule has 7 heteroatoms. The number of hydrogen-bond acceptors (Lipinski definition) is 2. The number of benzene rings is 1. The number of halogens is 5. The van der Waals surface area contributed by atoms with Gasteiger partial charge >= 0.3 is 6.18 Å². The molecule has 1 aromatic carbocycles. The van der Waals surface area contributed by atoms with Gasteiger partial charge in [0.15, 0.2) is 0 Å². The van der Waals surface area contributed by atoms with Crippen LogP contribution in [0, 0.1) is 17.7 Å². The molecule has 2 nitrogen and oxygen atoms in total. The predicted molar refractivity (Wildman–Crippen MR) is 82.7 cm³/mol. The minimum atomic E-state index is -4.52. The largest absolute Gasteiger partial charge is 0.416 e. The molecule has 1 aliphatic carbocycles. The van der Waals surface area contributed by atoms with Gasteiger partial charge < -0.3 is 5.73 Å². The van der Waals surface area contributed by atoms with Gasteiger partial charge in [0.2, 0.25) is 0 Å². The van der Waals surface area contributed by atoms with Crippen molar-refractivity contribution in [3.63, 3.8) is 0 Å². The normalized spacial score (nSPS) is 28.3. The molecule has 0 bridgehead atoms. The van der Waals surface area contributed by atoms with Crippen LogP contribution in [0.3, 0.4) is 0 Å². The second-order valence-electron chi connectivity index (χ2n) is 6.56. The molecule has 2 fully saturated rings. The third-order valence-electron chi connectivity index (χ3n) is 4.92. The number of rotatable bonds is 2. The van der Waals surface area contributed by atoms with E-state index in [0.717, 1.165) is 38.4 Å². The Morgan fingerprint density at radius 1 is 1.13 bits per heavy atom. The predicted octanol–water partition coefficient (Wildman–Crippen LogP) is 3.83. The molecule has 1 heterocycles. The molecule has 3 rings (SSSR count). The van der Waals surface area contributed by atoms with Gasteiger partial charge in [-0.3, -0.25) is 4.90 Å². The summed E-state index contributed by atoms with van der Waals surface area (Å²) in [6.07, 6.45) is -1.24. The van der Waals surface area contributed by atoms with E-state index in [4.69, 9.17) is 5.73 Å². The molecule has 1 saturated carbocycles. The number of nitrogens with two attached hydrogens (primary N) is 1. The van der Waals surface area contributed by atoms with Crippen molar-refractivity contribution in [2.75, 3.05) is 13.1 Å². The zero-order valence-electron chi connectivity index (χ0n) is 12.7. The molecule has 0 aromatic heterocycles. The maximum absolute atomic E-state index is 13.5. The lowest BCUT2D eigenvalue weighted by Crippen LogP contribution is -2.38. The summed E-state index contributed by atoms with van der Waals surface area (Å²) in [6, 6.07) is 2.97. The average molecular weight is 353 g/mol. The van der Waals surface area contributed by atoms with Crippen LogP contribution in [0.2, 0.25) is 0 Å². The summed E-state index contributed by atoms with van der Waals surface area (Å²) in [5.74, 6) is 0.113. The minimum Gasteiger partial charge on any atom is -0.327 e. The number of nitrogens with zero attached hydrogens (tertiary/aromatic N) is 1. The summed E-state index contributed by atoms with van der Waals surface area (Å²) in [5.41, 5.74) is 5.60. The standard InChI is InChI=1S/C16H20F4N2.ClH/c17-13-5-10(4-12(6-13)16(18,19)20)7-22-8-11-2-1-3-15(21)14(11)9-22;/h4-6,11,14-15H,1-3,7-9,21H2;1H. The van der Waals surface area contributed by atoms with Crippen molar-refractivity contribution in [2.45, 2.75) is 38.0 Å². The van der Waals surface area contributed by atoms with Gasteiger partial charge in [-0.1, -0.05) is 6.42 Å². The third kappa shape index (κ3) is 4.17. The SMILES string of the molecule is Cl.NC1CCCC2CN(Cc3cc(F)cc(C(F)(F)F)c3)CC12. The molecular formula is C16H21ClF4N2. The summed E-state index contributed by atoms with van der Waals surface area (Å²) in [5, 5.41) is 0. The lowest BCUT2D eigenvalue weighted by Gasteiger charge is -2.29. The third-order valence-corrected chi connectivity index (χ3v) is 4.92. The average Bonchev–Trinajstić information content (AvgIpc) is 2.81. The molecule has 1 aromatic rings. The van der Waals surface area contributed by atoms with E-state index < -0.39 is 17.6 Å². The Morgan fingerprint density at radius 2 is 1.87 bits per heavy atom. The summed E-state index contributed by atoms with van der Waals surface area (Å²) in [6.45, 7) is 1.99. The Bertz CT molecular complexity index is 549.